The zero-order valence-corrected chi connectivity index (χ0v) is 21.6. The lowest BCUT2D eigenvalue weighted by molar-refractivity contribution is 0.0953. The molecule has 0 saturated heterocycles. The summed E-state index contributed by atoms with van der Waals surface area (Å²) in [5.74, 6) is 1.55. The van der Waals surface area contributed by atoms with Crippen molar-refractivity contribution in [2.75, 3.05) is 13.2 Å². The predicted octanol–water partition coefficient (Wildman–Crippen LogP) is 6.74. The minimum absolute atomic E-state index is 0.163. The van der Waals surface area contributed by atoms with E-state index in [0.29, 0.717) is 18.7 Å². The molecule has 5 nitrogen and oxygen atoms in total. The second kappa shape index (κ2) is 13.6. The standard InChI is InChI=1S/C31H36FN3O2/c1-2-24-13-19-27(20-14-24)37-23-9-8-22-35-29-11-6-5-10-28(29)34-30(35)12-4-3-7-21-33-31(36)25-15-17-26(32)18-16-25/h5-6,10-11,13-20H,2-4,7-9,12,21-23H2,1H3,(H,33,36). The van der Waals surface area contributed by atoms with Gasteiger partial charge in [0.2, 0.25) is 0 Å². The van der Waals surface area contributed by atoms with E-state index in [0.717, 1.165) is 68.6 Å². The molecule has 0 aliphatic heterocycles. The van der Waals surface area contributed by atoms with Crippen molar-refractivity contribution in [2.45, 2.75) is 58.4 Å². The first-order valence-electron chi connectivity index (χ1n) is 13.3. The Morgan fingerprint density at radius 3 is 2.49 bits per heavy atom. The van der Waals surface area contributed by atoms with Crippen molar-refractivity contribution in [3.63, 3.8) is 0 Å². The Balaban J connectivity index is 1.20. The number of fused-ring (bicyclic) bond motifs is 1. The predicted molar refractivity (Wildman–Crippen MR) is 147 cm³/mol. The third-order valence-electron chi connectivity index (χ3n) is 6.58. The van der Waals surface area contributed by atoms with Gasteiger partial charge in [-0.05, 0) is 86.2 Å². The van der Waals surface area contributed by atoms with Crippen LogP contribution in [0.2, 0.25) is 0 Å². The number of halogens is 1. The molecule has 4 aromatic rings. The molecule has 1 heterocycles. The maximum Gasteiger partial charge on any atom is 0.251 e. The van der Waals surface area contributed by atoms with Crippen LogP contribution in [0.3, 0.4) is 0 Å². The molecule has 1 N–H and O–H groups in total. The van der Waals surface area contributed by atoms with Gasteiger partial charge >= 0.3 is 0 Å². The lowest BCUT2D eigenvalue weighted by atomic mass is 10.1. The van der Waals surface area contributed by atoms with E-state index in [4.69, 9.17) is 9.72 Å². The first kappa shape index (κ1) is 26.4. The Kier molecular flexibility index (Phi) is 9.69. The number of para-hydroxylation sites is 2. The number of rotatable bonds is 14. The molecule has 3 aromatic carbocycles. The lowest BCUT2D eigenvalue weighted by Crippen LogP contribution is -2.24. The minimum Gasteiger partial charge on any atom is -0.494 e. The minimum atomic E-state index is -0.339. The Morgan fingerprint density at radius 2 is 1.70 bits per heavy atom. The number of hydrogen-bond donors (Lipinski definition) is 1. The van der Waals surface area contributed by atoms with Crippen LogP contribution in [0.15, 0.2) is 72.8 Å². The van der Waals surface area contributed by atoms with E-state index in [1.54, 1.807) is 0 Å². The average Bonchev–Trinajstić information content (AvgIpc) is 3.28. The zero-order valence-electron chi connectivity index (χ0n) is 21.6. The van der Waals surface area contributed by atoms with Crippen molar-refractivity contribution < 1.29 is 13.9 Å². The Morgan fingerprint density at radius 1 is 0.919 bits per heavy atom. The SMILES string of the molecule is CCc1ccc(OCCCCn2c(CCCCCNC(=O)c3ccc(F)cc3)nc3ccccc32)cc1. The van der Waals surface area contributed by atoms with Crippen molar-refractivity contribution in [3.05, 3.63) is 95.6 Å². The molecule has 0 atom stereocenters. The fraction of sp³-hybridized carbons (Fsp3) is 0.355. The fourth-order valence-corrected chi connectivity index (χ4v) is 4.44. The van der Waals surface area contributed by atoms with Gasteiger partial charge in [-0.2, -0.15) is 0 Å². The number of amides is 1. The van der Waals surface area contributed by atoms with Gasteiger partial charge in [-0.15, -0.1) is 0 Å². The first-order valence-corrected chi connectivity index (χ1v) is 13.3. The van der Waals surface area contributed by atoms with Crippen molar-refractivity contribution >= 4 is 16.9 Å². The first-order chi connectivity index (χ1) is 18.1. The normalized spacial score (nSPS) is 11.1. The molecule has 37 heavy (non-hydrogen) atoms. The summed E-state index contributed by atoms with van der Waals surface area (Å²) in [7, 11) is 0. The topological polar surface area (TPSA) is 56.1 Å². The number of aryl methyl sites for hydroxylation is 3. The van der Waals surface area contributed by atoms with Gasteiger partial charge in [-0.3, -0.25) is 4.79 Å². The highest BCUT2D eigenvalue weighted by molar-refractivity contribution is 5.94. The summed E-state index contributed by atoms with van der Waals surface area (Å²) in [6, 6.07) is 22.3. The van der Waals surface area contributed by atoms with Crippen molar-refractivity contribution in [3.8, 4) is 5.75 Å². The number of carbonyl (C=O) groups excluding carboxylic acids is 1. The van der Waals surface area contributed by atoms with Crippen LogP contribution in [0.1, 0.15) is 60.8 Å². The van der Waals surface area contributed by atoms with Crippen LogP contribution < -0.4 is 10.1 Å². The van der Waals surface area contributed by atoms with Gasteiger partial charge < -0.3 is 14.6 Å². The molecular weight excluding hydrogens is 465 g/mol. The van der Waals surface area contributed by atoms with E-state index in [-0.39, 0.29) is 11.7 Å². The van der Waals surface area contributed by atoms with E-state index in [1.165, 1.54) is 35.3 Å². The molecule has 0 fully saturated rings. The number of unbranched alkanes of at least 4 members (excludes halogenated alkanes) is 3. The molecule has 194 valence electrons. The maximum absolute atomic E-state index is 13.0. The third kappa shape index (κ3) is 7.66. The van der Waals surface area contributed by atoms with Gasteiger partial charge in [0.1, 0.15) is 17.4 Å². The number of hydrogen-bond acceptors (Lipinski definition) is 3. The zero-order chi connectivity index (χ0) is 25.9. The Labute approximate surface area is 218 Å². The molecular formula is C31H36FN3O2. The molecule has 0 bridgehead atoms. The summed E-state index contributed by atoms with van der Waals surface area (Å²) in [5, 5.41) is 2.91. The molecule has 0 spiro atoms. The largest absolute Gasteiger partial charge is 0.494 e. The summed E-state index contributed by atoms with van der Waals surface area (Å²) in [6.07, 6.45) is 6.84. The molecule has 1 aromatic heterocycles. The Hall–Kier alpha value is -3.67. The van der Waals surface area contributed by atoms with Crippen LogP contribution in [-0.2, 0) is 19.4 Å². The van der Waals surface area contributed by atoms with Gasteiger partial charge in [0.15, 0.2) is 0 Å². The molecule has 0 saturated carbocycles. The van der Waals surface area contributed by atoms with E-state index in [9.17, 15) is 9.18 Å². The van der Waals surface area contributed by atoms with Gasteiger partial charge in [0.05, 0.1) is 17.6 Å². The molecule has 1 amide bonds. The Bertz CT molecular complexity index is 1270. The summed E-state index contributed by atoms with van der Waals surface area (Å²) in [5.41, 5.74) is 4.02. The van der Waals surface area contributed by atoms with Crippen LogP contribution in [0.25, 0.3) is 11.0 Å². The van der Waals surface area contributed by atoms with Crippen molar-refractivity contribution in [1.29, 1.82) is 0 Å². The summed E-state index contributed by atoms with van der Waals surface area (Å²) >= 11 is 0. The van der Waals surface area contributed by atoms with Crippen molar-refractivity contribution in [2.24, 2.45) is 0 Å². The van der Waals surface area contributed by atoms with E-state index >= 15 is 0 Å². The maximum atomic E-state index is 13.0. The van der Waals surface area contributed by atoms with Gasteiger partial charge in [-0.25, -0.2) is 9.37 Å². The number of nitrogens with one attached hydrogen (secondary N) is 1. The highest BCUT2D eigenvalue weighted by Crippen LogP contribution is 2.19. The van der Waals surface area contributed by atoms with Crippen LogP contribution >= 0.6 is 0 Å². The number of carbonyl (C=O) groups is 1. The number of ether oxygens (including phenoxy) is 1. The summed E-state index contributed by atoms with van der Waals surface area (Å²) in [6.45, 7) is 4.38. The molecule has 0 aliphatic rings. The summed E-state index contributed by atoms with van der Waals surface area (Å²) in [4.78, 5) is 17.1. The highest BCUT2D eigenvalue weighted by Gasteiger charge is 2.10. The summed E-state index contributed by atoms with van der Waals surface area (Å²) < 4.78 is 21.3. The van der Waals surface area contributed by atoms with E-state index < -0.39 is 0 Å². The second-order valence-electron chi connectivity index (χ2n) is 9.29. The monoisotopic (exact) mass is 501 g/mol. The third-order valence-corrected chi connectivity index (χ3v) is 6.58. The van der Waals surface area contributed by atoms with Crippen molar-refractivity contribution in [1.82, 2.24) is 14.9 Å². The van der Waals surface area contributed by atoms with Crippen LogP contribution in [0, 0.1) is 5.82 Å². The van der Waals surface area contributed by atoms with Gasteiger partial charge in [0, 0.05) is 25.1 Å². The van der Waals surface area contributed by atoms with E-state index in [2.05, 4.69) is 59.3 Å². The smallest absolute Gasteiger partial charge is 0.251 e. The van der Waals surface area contributed by atoms with Gasteiger partial charge in [0.25, 0.3) is 5.91 Å². The number of benzene rings is 3. The van der Waals surface area contributed by atoms with Crippen LogP contribution in [-0.4, -0.2) is 28.6 Å². The lowest BCUT2D eigenvalue weighted by Gasteiger charge is -2.11. The molecule has 4 rings (SSSR count). The molecule has 0 unspecified atom stereocenters. The van der Waals surface area contributed by atoms with Gasteiger partial charge in [-0.1, -0.05) is 37.6 Å². The molecule has 6 heteroatoms. The fourth-order valence-electron chi connectivity index (χ4n) is 4.44. The highest BCUT2D eigenvalue weighted by atomic mass is 19.1. The van der Waals surface area contributed by atoms with E-state index in [1.807, 2.05) is 6.07 Å². The quantitative estimate of drug-likeness (QED) is 0.195. The molecule has 0 radical (unpaired) electrons. The second-order valence-corrected chi connectivity index (χ2v) is 9.29. The average molecular weight is 502 g/mol. The number of nitrogens with zero attached hydrogens (tertiary/aromatic N) is 2. The molecule has 0 aliphatic carbocycles. The van der Waals surface area contributed by atoms with Crippen LogP contribution in [0.5, 0.6) is 5.75 Å². The van der Waals surface area contributed by atoms with Crippen LogP contribution in [0.4, 0.5) is 4.39 Å². The number of imidazole rings is 1. The number of aromatic nitrogens is 2.